The summed E-state index contributed by atoms with van der Waals surface area (Å²) >= 11 is 0. The first kappa shape index (κ1) is 11.4. The fraction of sp³-hybridized carbons (Fsp3) is 0.231. The molecular weight excluding hydrogens is 218 g/mol. The minimum absolute atomic E-state index is 0.192. The van der Waals surface area contributed by atoms with Gasteiger partial charge in [0, 0.05) is 18.4 Å². The molecule has 0 radical (unpaired) electrons. The van der Waals surface area contributed by atoms with Crippen LogP contribution < -0.4 is 9.64 Å². The van der Waals surface area contributed by atoms with Crippen LogP contribution in [0.15, 0.2) is 24.8 Å². The Morgan fingerprint density at radius 1 is 1.29 bits per heavy atom. The monoisotopic (exact) mass is 231 g/mol. The van der Waals surface area contributed by atoms with E-state index in [4.69, 9.17) is 4.74 Å². The first-order valence-electron chi connectivity index (χ1n) is 5.34. The standard InChI is InChI=1S/C13H13NO3/c1-3-9-5-4-6-10(17-2)13(9)14-11(15)7-8-12(14)16/h3-6H,1,7-8H2,2H3. The molecule has 0 spiro atoms. The van der Waals surface area contributed by atoms with Gasteiger partial charge in [-0.05, 0) is 6.07 Å². The van der Waals surface area contributed by atoms with Crippen molar-refractivity contribution in [3.05, 3.63) is 30.3 Å². The number of hydrogen-bond acceptors (Lipinski definition) is 3. The van der Waals surface area contributed by atoms with Crippen LogP contribution in [0.5, 0.6) is 5.75 Å². The SMILES string of the molecule is C=Cc1cccc(OC)c1N1C(=O)CCC1=O. The molecule has 0 saturated carbocycles. The molecule has 1 aromatic carbocycles. The average molecular weight is 231 g/mol. The number of anilines is 1. The van der Waals surface area contributed by atoms with E-state index in [1.54, 1.807) is 24.3 Å². The summed E-state index contributed by atoms with van der Waals surface area (Å²) in [4.78, 5) is 24.7. The summed E-state index contributed by atoms with van der Waals surface area (Å²) < 4.78 is 5.20. The highest BCUT2D eigenvalue weighted by molar-refractivity contribution is 6.21. The Kier molecular flexibility index (Phi) is 2.95. The van der Waals surface area contributed by atoms with Crippen LogP contribution >= 0.6 is 0 Å². The van der Waals surface area contributed by atoms with Gasteiger partial charge < -0.3 is 4.74 Å². The normalized spacial score (nSPS) is 15.2. The molecule has 0 atom stereocenters. The summed E-state index contributed by atoms with van der Waals surface area (Å²) in [5.41, 5.74) is 1.21. The number of ether oxygens (including phenoxy) is 1. The van der Waals surface area contributed by atoms with Crippen molar-refractivity contribution >= 4 is 23.6 Å². The van der Waals surface area contributed by atoms with Crippen molar-refractivity contribution < 1.29 is 14.3 Å². The van der Waals surface area contributed by atoms with E-state index in [0.717, 1.165) is 0 Å². The molecule has 1 aliphatic heterocycles. The maximum atomic E-state index is 11.7. The largest absolute Gasteiger partial charge is 0.495 e. The van der Waals surface area contributed by atoms with E-state index < -0.39 is 0 Å². The summed E-state index contributed by atoms with van der Waals surface area (Å²) in [6.45, 7) is 3.68. The Balaban J connectivity index is 2.60. The molecule has 17 heavy (non-hydrogen) atoms. The van der Waals surface area contributed by atoms with Crippen LogP contribution in [0.2, 0.25) is 0 Å². The van der Waals surface area contributed by atoms with Gasteiger partial charge in [0.1, 0.15) is 11.4 Å². The molecular formula is C13H13NO3. The van der Waals surface area contributed by atoms with E-state index in [1.807, 2.05) is 0 Å². The molecule has 1 saturated heterocycles. The predicted octanol–water partition coefficient (Wildman–Crippen LogP) is 1.99. The average Bonchev–Trinajstić information content (AvgIpc) is 2.68. The van der Waals surface area contributed by atoms with Crippen molar-refractivity contribution in [1.82, 2.24) is 0 Å². The third-order valence-electron chi connectivity index (χ3n) is 2.75. The number of para-hydroxylation sites is 1. The molecule has 1 heterocycles. The summed E-state index contributed by atoms with van der Waals surface area (Å²) in [5, 5.41) is 0. The topological polar surface area (TPSA) is 46.6 Å². The molecule has 1 fully saturated rings. The molecule has 4 nitrogen and oxygen atoms in total. The number of benzene rings is 1. The Labute approximate surface area is 99.5 Å². The maximum absolute atomic E-state index is 11.7. The Bertz CT molecular complexity index is 477. The quantitative estimate of drug-likeness (QED) is 0.747. The first-order valence-corrected chi connectivity index (χ1v) is 5.34. The third-order valence-corrected chi connectivity index (χ3v) is 2.75. The van der Waals surface area contributed by atoms with Gasteiger partial charge in [-0.25, -0.2) is 4.90 Å². The van der Waals surface area contributed by atoms with Crippen molar-refractivity contribution in [2.75, 3.05) is 12.0 Å². The number of imide groups is 1. The van der Waals surface area contributed by atoms with Gasteiger partial charge in [0.05, 0.1) is 7.11 Å². The van der Waals surface area contributed by atoms with E-state index in [0.29, 0.717) is 17.0 Å². The van der Waals surface area contributed by atoms with E-state index in [-0.39, 0.29) is 24.7 Å². The van der Waals surface area contributed by atoms with Crippen molar-refractivity contribution in [2.24, 2.45) is 0 Å². The number of nitrogens with zero attached hydrogens (tertiary/aromatic N) is 1. The van der Waals surface area contributed by atoms with Crippen molar-refractivity contribution in [3.63, 3.8) is 0 Å². The van der Waals surface area contributed by atoms with Crippen molar-refractivity contribution in [1.29, 1.82) is 0 Å². The second-order valence-corrected chi connectivity index (χ2v) is 3.73. The van der Waals surface area contributed by atoms with Crippen LogP contribution in [0.3, 0.4) is 0 Å². The number of rotatable bonds is 3. The number of amides is 2. The van der Waals surface area contributed by atoms with E-state index in [2.05, 4.69) is 6.58 Å². The van der Waals surface area contributed by atoms with Crippen LogP contribution in [0.25, 0.3) is 6.08 Å². The van der Waals surface area contributed by atoms with Crippen LogP contribution in [-0.2, 0) is 9.59 Å². The summed E-state index contributed by atoms with van der Waals surface area (Å²) in [7, 11) is 1.51. The van der Waals surface area contributed by atoms with Crippen molar-refractivity contribution in [2.45, 2.75) is 12.8 Å². The lowest BCUT2D eigenvalue weighted by Gasteiger charge is -2.19. The molecule has 1 aliphatic rings. The lowest BCUT2D eigenvalue weighted by atomic mass is 10.1. The van der Waals surface area contributed by atoms with Gasteiger partial charge in [-0.3, -0.25) is 9.59 Å². The van der Waals surface area contributed by atoms with Gasteiger partial charge in [0.2, 0.25) is 11.8 Å². The number of carbonyl (C=O) groups is 2. The summed E-state index contributed by atoms with van der Waals surface area (Å²) in [6.07, 6.45) is 2.12. The molecule has 0 bridgehead atoms. The highest BCUT2D eigenvalue weighted by atomic mass is 16.5. The zero-order valence-corrected chi connectivity index (χ0v) is 9.60. The Morgan fingerprint density at radius 3 is 2.47 bits per heavy atom. The van der Waals surface area contributed by atoms with Crippen molar-refractivity contribution in [3.8, 4) is 5.75 Å². The van der Waals surface area contributed by atoms with Gasteiger partial charge in [0.25, 0.3) is 0 Å². The lowest BCUT2D eigenvalue weighted by Crippen LogP contribution is -2.29. The molecule has 0 N–H and O–H groups in total. The minimum Gasteiger partial charge on any atom is -0.495 e. The van der Waals surface area contributed by atoms with Crippen LogP contribution in [0.4, 0.5) is 5.69 Å². The molecule has 0 aromatic heterocycles. The van der Waals surface area contributed by atoms with Crippen LogP contribution in [0, 0.1) is 0 Å². The lowest BCUT2D eigenvalue weighted by molar-refractivity contribution is -0.121. The molecule has 0 unspecified atom stereocenters. The van der Waals surface area contributed by atoms with Crippen LogP contribution in [-0.4, -0.2) is 18.9 Å². The third kappa shape index (κ3) is 1.82. The molecule has 2 amide bonds. The Hall–Kier alpha value is -2.10. The van der Waals surface area contributed by atoms with Gasteiger partial charge in [-0.1, -0.05) is 24.8 Å². The van der Waals surface area contributed by atoms with E-state index in [1.165, 1.54) is 12.0 Å². The smallest absolute Gasteiger partial charge is 0.234 e. The highest BCUT2D eigenvalue weighted by Crippen LogP contribution is 2.35. The molecule has 0 aliphatic carbocycles. The van der Waals surface area contributed by atoms with E-state index >= 15 is 0 Å². The first-order chi connectivity index (χ1) is 8.19. The fourth-order valence-electron chi connectivity index (χ4n) is 1.93. The maximum Gasteiger partial charge on any atom is 0.234 e. The van der Waals surface area contributed by atoms with Gasteiger partial charge in [-0.15, -0.1) is 0 Å². The number of hydrogen-bond donors (Lipinski definition) is 0. The predicted molar refractivity (Wildman–Crippen MR) is 64.8 cm³/mol. The van der Waals surface area contributed by atoms with E-state index in [9.17, 15) is 9.59 Å². The second kappa shape index (κ2) is 4.41. The van der Waals surface area contributed by atoms with Crippen LogP contribution in [0.1, 0.15) is 18.4 Å². The molecule has 2 rings (SSSR count). The summed E-state index contributed by atoms with van der Waals surface area (Å²) in [6, 6.07) is 5.31. The summed E-state index contributed by atoms with van der Waals surface area (Å²) in [5.74, 6) is 0.121. The number of methoxy groups -OCH3 is 1. The molecule has 1 aromatic rings. The fourth-order valence-corrected chi connectivity index (χ4v) is 1.93. The van der Waals surface area contributed by atoms with Gasteiger partial charge >= 0.3 is 0 Å². The highest BCUT2D eigenvalue weighted by Gasteiger charge is 2.33. The zero-order chi connectivity index (χ0) is 12.4. The zero-order valence-electron chi connectivity index (χ0n) is 9.60. The number of carbonyl (C=O) groups excluding carboxylic acids is 2. The van der Waals surface area contributed by atoms with Gasteiger partial charge in [-0.2, -0.15) is 0 Å². The Morgan fingerprint density at radius 2 is 1.94 bits per heavy atom. The minimum atomic E-state index is -0.192. The molecule has 88 valence electrons. The second-order valence-electron chi connectivity index (χ2n) is 3.73. The molecule has 4 heteroatoms. The van der Waals surface area contributed by atoms with Gasteiger partial charge in [0.15, 0.2) is 0 Å².